The van der Waals surface area contributed by atoms with Crippen LogP contribution in [0.3, 0.4) is 0 Å². The van der Waals surface area contributed by atoms with Crippen LogP contribution in [0.25, 0.3) is 22.5 Å². The number of methoxy groups -OCH3 is 4. The van der Waals surface area contributed by atoms with Gasteiger partial charge in [0.15, 0.2) is 0 Å². The van der Waals surface area contributed by atoms with Gasteiger partial charge in [-0.15, -0.1) is 0 Å². The molecule has 0 spiro atoms. The minimum atomic E-state index is 0.616. The van der Waals surface area contributed by atoms with Crippen molar-refractivity contribution >= 4 is 15.9 Å². The number of benzene rings is 2. The first kappa shape index (κ1) is 44.4. The van der Waals surface area contributed by atoms with Crippen LogP contribution in [0.1, 0.15) is 110 Å². The molecular weight excluding hydrogens is 716 g/mol. The maximum atomic E-state index is 5.58. The van der Waals surface area contributed by atoms with Crippen LogP contribution in [-0.4, -0.2) is 48.4 Å². The van der Waals surface area contributed by atoms with E-state index in [-0.39, 0.29) is 0 Å². The monoisotopic (exact) mass is 778 g/mol. The van der Waals surface area contributed by atoms with Gasteiger partial charge >= 0.3 is 0 Å². The van der Waals surface area contributed by atoms with Gasteiger partial charge in [0.25, 0.3) is 0 Å². The standard InChI is InChI=1S/C21H30N2O2.C16H19BrN2O2.C6H14/c1-7-14(4)12-19-17(8-2)23-21(18(9-3)22-19)16-11-10-15(24-5)13-20(16)25-6;1-5-12-15(18-13(6-2)16(17)19-12)11-8-7-10(20-3)9-14(11)21-4;1-4-6(3)5-2/h10-11,13-14H,7-9,12H2,1-6H3;7-9H,5-6H2,1-4H3;6H,4-5H2,1-3H3. The van der Waals surface area contributed by atoms with Crippen molar-refractivity contribution in [2.24, 2.45) is 11.8 Å². The maximum Gasteiger partial charge on any atom is 0.132 e. The van der Waals surface area contributed by atoms with Gasteiger partial charge in [-0.25, -0.2) is 15.0 Å². The second kappa shape index (κ2) is 23.1. The molecule has 4 aromatic rings. The molecule has 52 heavy (non-hydrogen) atoms. The Labute approximate surface area is 322 Å². The lowest BCUT2D eigenvalue weighted by Gasteiger charge is -2.17. The van der Waals surface area contributed by atoms with E-state index in [1.54, 1.807) is 28.4 Å². The van der Waals surface area contributed by atoms with Crippen molar-refractivity contribution in [1.82, 2.24) is 19.9 Å². The van der Waals surface area contributed by atoms with Gasteiger partial charge in [-0.05, 0) is 84.1 Å². The fraction of sp³-hybridized carbons (Fsp3) is 0.535. The van der Waals surface area contributed by atoms with E-state index >= 15 is 0 Å². The first-order valence-corrected chi connectivity index (χ1v) is 19.7. The molecule has 1 atom stereocenters. The molecule has 0 fully saturated rings. The smallest absolute Gasteiger partial charge is 0.132 e. The van der Waals surface area contributed by atoms with Crippen LogP contribution in [-0.2, 0) is 32.1 Å². The second-order valence-electron chi connectivity index (χ2n) is 12.9. The van der Waals surface area contributed by atoms with E-state index in [1.807, 2.05) is 36.4 Å². The van der Waals surface area contributed by atoms with E-state index < -0.39 is 0 Å². The Kier molecular flexibility index (Phi) is 19.7. The van der Waals surface area contributed by atoms with Crippen molar-refractivity contribution in [3.63, 3.8) is 0 Å². The fourth-order valence-corrected chi connectivity index (χ4v) is 5.96. The Morgan fingerprint density at radius 2 is 0.923 bits per heavy atom. The topological polar surface area (TPSA) is 88.5 Å². The Balaban J connectivity index is 0.000000315. The first-order valence-electron chi connectivity index (χ1n) is 18.9. The fourth-order valence-electron chi connectivity index (χ4n) is 5.37. The number of halogens is 1. The molecule has 286 valence electrons. The summed E-state index contributed by atoms with van der Waals surface area (Å²) in [7, 11) is 6.62. The Hall–Kier alpha value is -3.72. The van der Waals surface area contributed by atoms with Crippen LogP contribution >= 0.6 is 15.9 Å². The van der Waals surface area contributed by atoms with E-state index in [1.165, 1.54) is 12.8 Å². The minimum absolute atomic E-state index is 0.616. The van der Waals surface area contributed by atoms with Crippen molar-refractivity contribution < 1.29 is 18.9 Å². The van der Waals surface area contributed by atoms with Gasteiger partial charge in [-0.1, -0.05) is 81.6 Å². The van der Waals surface area contributed by atoms with Crippen LogP contribution in [0.15, 0.2) is 41.0 Å². The minimum Gasteiger partial charge on any atom is -0.497 e. The van der Waals surface area contributed by atoms with E-state index in [0.717, 1.165) is 123 Å². The summed E-state index contributed by atoms with van der Waals surface area (Å²) >= 11 is 3.49. The predicted octanol–water partition coefficient (Wildman–Crippen LogP) is 11.4. The highest BCUT2D eigenvalue weighted by molar-refractivity contribution is 9.10. The molecule has 4 rings (SSSR count). The molecule has 0 amide bonds. The summed E-state index contributed by atoms with van der Waals surface area (Å²) in [4.78, 5) is 19.4. The predicted molar refractivity (Wildman–Crippen MR) is 219 cm³/mol. The zero-order valence-electron chi connectivity index (χ0n) is 34.1. The zero-order valence-corrected chi connectivity index (χ0v) is 35.7. The molecule has 0 N–H and O–H groups in total. The Morgan fingerprint density at radius 3 is 1.29 bits per heavy atom. The van der Waals surface area contributed by atoms with Gasteiger partial charge in [-0.3, -0.25) is 4.98 Å². The number of aryl methyl sites for hydroxylation is 4. The van der Waals surface area contributed by atoms with Crippen LogP contribution in [0, 0.1) is 11.8 Å². The molecule has 0 aliphatic rings. The van der Waals surface area contributed by atoms with Gasteiger partial charge in [0.2, 0.25) is 0 Å². The number of aromatic nitrogens is 4. The molecule has 0 saturated carbocycles. The van der Waals surface area contributed by atoms with Crippen molar-refractivity contribution in [3.05, 3.63) is 69.5 Å². The normalized spacial score (nSPS) is 11.2. The molecule has 0 radical (unpaired) electrons. The third-order valence-corrected chi connectivity index (χ3v) is 10.0. The molecule has 1 unspecified atom stereocenters. The molecule has 2 aromatic heterocycles. The number of hydrogen-bond donors (Lipinski definition) is 0. The Bertz CT molecular complexity index is 1680. The molecule has 9 heteroatoms. The van der Waals surface area contributed by atoms with Gasteiger partial charge in [0.05, 0.1) is 68.3 Å². The summed E-state index contributed by atoms with van der Waals surface area (Å²) in [6.45, 7) is 19.6. The van der Waals surface area contributed by atoms with Crippen molar-refractivity contribution in [3.8, 4) is 45.5 Å². The van der Waals surface area contributed by atoms with Crippen LogP contribution < -0.4 is 18.9 Å². The van der Waals surface area contributed by atoms with Gasteiger partial charge in [0.1, 0.15) is 27.6 Å². The SMILES string of the molecule is CCC(C)CC.CCc1nc(-c2ccc(OC)cc2OC)c(CC)nc1Br.CCc1nc(-c2ccc(OC)cc2OC)c(CC)nc1CC(C)CC. The number of nitrogens with zero attached hydrogens (tertiary/aromatic N) is 4. The third kappa shape index (κ3) is 12.2. The number of hydrogen-bond acceptors (Lipinski definition) is 8. The molecule has 0 aliphatic heterocycles. The quantitative estimate of drug-likeness (QED) is 0.118. The van der Waals surface area contributed by atoms with Crippen LogP contribution in [0.5, 0.6) is 23.0 Å². The Morgan fingerprint density at radius 1 is 0.500 bits per heavy atom. The highest BCUT2D eigenvalue weighted by atomic mass is 79.9. The van der Waals surface area contributed by atoms with Crippen molar-refractivity contribution in [2.75, 3.05) is 28.4 Å². The highest BCUT2D eigenvalue weighted by Gasteiger charge is 2.19. The average molecular weight is 780 g/mol. The lowest BCUT2D eigenvalue weighted by Crippen LogP contribution is -2.10. The van der Waals surface area contributed by atoms with Crippen molar-refractivity contribution in [2.45, 2.75) is 114 Å². The van der Waals surface area contributed by atoms with Gasteiger partial charge < -0.3 is 18.9 Å². The molecule has 8 nitrogen and oxygen atoms in total. The lowest BCUT2D eigenvalue weighted by atomic mass is 9.99. The van der Waals surface area contributed by atoms with Crippen LogP contribution in [0.4, 0.5) is 0 Å². The summed E-state index contributed by atoms with van der Waals surface area (Å²) in [5, 5.41) is 0. The highest BCUT2D eigenvalue weighted by Crippen LogP contribution is 2.36. The van der Waals surface area contributed by atoms with Crippen LogP contribution in [0.2, 0.25) is 0 Å². The van der Waals surface area contributed by atoms with Gasteiger partial charge in [-0.2, -0.15) is 0 Å². The second-order valence-corrected chi connectivity index (χ2v) is 13.6. The molecule has 0 bridgehead atoms. The largest absolute Gasteiger partial charge is 0.497 e. The summed E-state index contributed by atoms with van der Waals surface area (Å²) in [6.07, 6.45) is 8.15. The van der Waals surface area contributed by atoms with E-state index in [4.69, 9.17) is 33.9 Å². The van der Waals surface area contributed by atoms with Gasteiger partial charge in [0, 0.05) is 23.3 Å². The summed E-state index contributed by atoms with van der Waals surface area (Å²) in [5.74, 6) is 4.59. The average Bonchev–Trinajstić information content (AvgIpc) is 3.19. The molecule has 2 aromatic carbocycles. The lowest BCUT2D eigenvalue weighted by molar-refractivity contribution is 0.395. The maximum absolute atomic E-state index is 5.58. The molecule has 0 aliphatic carbocycles. The van der Waals surface area contributed by atoms with Crippen molar-refractivity contribution in [1.29, 1.82) is 0 Å². The number of rotatable bonds is 15. The van der Waals surface area contributed by atoms with E-state index in [0.29, 0.717) is 5.92 Å². The summed E-state index contributed by atoms with van der Waals surface area (Å²) in [6, 6.07) is 11.6. The van der Waals surface area contributed by atoms with E-state index in [2.05, 4.69) is 83.2 Å². The molecule has 2 heterocycles. The molecular formula is C43H63BrN4O4. The van der Waals surface area contributed by atoms with E-state index in [9.17, 15) is 0 Å². The first-order chi connectivity index (χ1) is 25.0. The zero-order chi connectivity index (χ0) is 38.8. The third-order valence-electron chi connectivity index (χ3n) is 9.41. The molecule has 0 saturated heterocycles. The number of ether oxygens (including phenoxy) is 4. The summed E-state index contributed by atoms with van der Waals surface area (Å²) in [5.41, 5.74) is 8.85. The summed E-state index contributed by atoms with van der Waals surface area (Å²) < 4.78 is 22.4.